The van der Waals surface area contributed by atoms with Gasteiger partial charge in [0.1, 0.15) is 0 Å². The van der Waals surface area contributed by atoms with Crippen molar-refractivity contribution in [1.29, 1.82) is 0 Å². The summed E-state index contributed by atoms with van der Waals surface area (Å²) in [6, 6.07) is 6.45. The molecule has 0 aliphatic carbocycles. The average Bonchev–Trinajstić information content (AvgIpc) is 2.38. The fourth-order valence-corrected chi connectivity index (χ4v) is 3.04. The number of hydrogen-bond donors (Lipinski definition) is 0. The Labute approximate surface area is 114 Å². The molecule has 1 aromatic rings. The van der Waals surface area contributed by atoms with Gasteiger partial charge in [0.05, 0.1) is 4.90 Å². The Morgan fingerprint density at radius 3 is 2.37 bits per heavy atom. The van der Waals surface area contributed by atoms with Crippen molar-refractivity contribution in [3.8, 4) is 0 Å². The largest absolute Gasteiger partial charge is 0.336 e. The molecule has 1 atom stereocenters. The molecule has 1 fully saturated rings. The average molecular weight is 281 g/mol. The van der Waals surface area contributed by atoms with E-state index in [1.807, 2.05) is 4.90 Å². The zero-order valence-corrected chi connectivity index (χ0v) is 12.1. The molecule has 0 radical (unpaired) electrons. The summed E-state index contributed by atoms with van der Waals surface area (Å²) in [5, 5.41) is 0. The van der Waals surface area contributed by atoms with Crippen LogP contribution in [0.3, 0.4) is 0 Å². The Kier molecular flexibility index (Phi) is 3.94. The van der Waals surface area contributed by atoms with Crippen LogP contribution in [0.5, 0.6) is 0 Å². The van der Waals surface area contributed by atoms with Crippen LogP contribution in [0, 0.1) is 0 Å². The van der Waals surface area contributed by atoms with Crippen LogP contribution < -0.4 is 0 Å². The predicted molar refractivity (Wildman–Crippen MR) is 73.9 cm³/mol. The molecule has 4 nitrogen and oxygen atoms in total. The smallest absolute Gasteiger partial charge is 0.254 e. The van der Waals surface area contributed by atoms with Crippen LogP contribution in [-0.2, 0) is 9.84 Å². The van der Waals surface area contributed by atoms with Crippen LogP contribution in [0.2, 0.25) is 0 Å². The van der Waals surface area contributed by atoms with Crippen molar-refractivity contribution in [3.63, 3.8) is 0 Å². The molecule has 1 saturated heterocycles. The topological polar surface area (TPSA) is 54.5 Å². The lowest BCUT2D eigenvalue weighted by Gasteiger charge is -2.33. The van der Waals surface area contributed by atoms with Crippen molar-refractivity contribution in [2.45, 2.75) is 37.1 Å². The molecule has 0 bridgehead atoms. The van der Waals surface area contributed by atoms with Crippen molar-refractivity contribution >= 4 is 15.7 Å². The van der Waals surface area contributed by atoms with E-state index in [-0.39, 0.29) is 16.8 Å². The maximum Gasteiger partial charge on any atom is 0.254 e. The Hall–Kier alpha value is -1.36. The van der Waals surface area contributed by atoms with E-state index in [2.05, 4.69) is 6.92 Å². The molecule has 1 aliphatic heterocycles. The predicted octanol–water partition coefficient (Wildman–Crippen LogP) is 2.10. The lowest BCUT2D eigenvalue weighted by molar-refractivity contribution is 0.0635. The van der Waals surface area contributed by atoms with Gasteiger partial charge in [-0.2, -0.15) is 0 Å². The van der Waals surface area contributed by atoms with Gasteiger partial charge in [-0.3, -0.25) is 4.79 Å². The molecule has 2 rings (SSSR count). The van der Waals surface area contributed by atoms with Crippen molar-refractivity contribution < 1.29 is 13.2 Å². The molecule has 0 saturated carbocycles. The standard InChI is InChI=1S/C14H19NO3S/c1-11-5-3-4-10-15(11)14(16)12-6-8-13(9-7-12)19(2,17)18/h6-9,11H,3-5,10H2,1-2H3. The number of nitrogens with zero attached hydrogens (tertiary/aromatic N) is 1. The molecule has 19 heavy (non-hydrogen) atoms. The molecule has 104 valence electrons. The van der Waals surface area contributed by atoms with Gasteiger partial charge in [0.15, 0.2) is 9.84 Å². The number of hydrogen-bond acceptors (Lipinski definition) is 3. The van der Waals surface area contributed by atoms with E-state index in [0.29, 0.717) is 5.56 Å². The number of sulfone groups is 1. The molecular weight excluding hydrogens is 262 g/mol. The molecule has 0 aromatic heterocycles. The molecular formula is C14H19NO3S. The lowest BCUT2D eigenvalue weighted by atomic mass is 10.0. The monoisotopic (exact) mass is 281 g/mol. The quantitative estimate of drug-likeness (QED) is 0.834. The van der Waals surface area contributed by atoms with Crippen LogP contribution in [0.1, 0.15) is 36.5 Å². The Balaban J connectivity index is 2.20. The van der Waals surface area contributed by atoms with Gasteiger partial charge in [-0.1, -0.05) is 0 Å². The molecule has 1 unspecified atom stereocenters. The number of piperidine rings is 1. The van der Waals surface area contributed by atoms with E-state index in [0.717, 1.165) is 32.1 Å². The summed E-state index contributed by atoms with van der Waals surface area (Å²) in [6.07, 6.45) is 4.40. The minimum atomic E-state index is -3.21. The number of rotatable bonds is 2. The first-order chi connectivity index (χ1) is 8.89. The van der Waals surface area contributed by atoms with Gasteiger partial charge in [-0.15, -0.1) is 0 Å². The van der Waals surface area contributed by atoms with Gasteiger partial charge in [0, 0.05) is 24.4 Å². The zero-order chi connectivity index (χ0) is 14.0. The first-order valence-corrected chi connectivity index (χ1v) is 8.40. The van der Waals surface area contributed by atoms with E-state index in [1.54, 1.807) is 12.1 Å². The van der Waals surface area contributed by atoms with Crippen molar-refractivity contribution in [3.05, 3.63) is 29.8 Å². The van der Waals surface area contributed by atoms with E-state index < -0.39 is 9.84 Å². The number of carbonyl (C=O) groups excluding carboxylic acids is 1. The third-order valence-electron chi connectivity index (χ3n) is 3.59. The van der Waals surface area contributed by atoms with Crippen LogP contribution >= 0.6 is 0 Å². The maximum atomic E-state index is 12.3. The second-order valence-corrected chi connectivity index (χ2v) is 7.16. The Morgan fingerprint density at radius 2 is 1.84 bits per heavy atom. The van der Waals surface area contributed by atoms with Gasteiger partial charge in [-0.25, -0.2) is 8.42 Å². The van der Waals surface area contributed by atoms with E-state index in [1.165, 1.54) is 12.1 Å². The minimum absolute atomic E-state index is 0.00717. The fraction of sp³-hybridized carbons (Fsp3) is 0.500. The molecule has 1 aromatic carbocycles. The first-order valence-electron chi connectivity index (χ1n) is 6.50. The van der Waals surface area contributed by atoms with Gasteiger partial charge in [0.2, 0.25) is 0 Å². The molecule has 1 heterocycles. The summed E-state index contributed by atoms with van der Waals surface area (Å²) in [5.74, 6) is -0.00717. The number of amides is 1. The van der Waals surface area contributed by atoms with E-state index in [4.69, 9.17) is 0 Å². The molecule has 1 amide bonds. The molecule has 5 heteroatoms. The summed E-state index contributed by atoms with van der Waals surface area (Å²) in [6.45, 7) is 2.84. The highest BCUT2D eigenvalue weighted by Crippen LogP contribution is 2.20. The van der Waals surface area contributed by atoms with Gasteiger partial charge in [-0.05, 0) is 50.5 Å². The van der Waals surface area contributed by atoms with Crippen LogP contribution in [-0.4, -0.2) is 38.1 Å². The van der Waals surface area contributed by atoms with Gasteiger partial charge in [0.25, 0.3) is 5.91 Å². The number of benzene rings is 1. The van der Waals surface area contributed by atoms with E-state index >= 15 is 0 Å². The molecule has 0 N–H and O–H groups in total. The lowest BCUT2D eigenvalue weighted by Crippen LogP contribution is -2.42. The third-order valence-corrected chi connectivity index (χ3v) is 4.72. The highest BCUT2D eigenvalue weighted by atomic mass is 32.2. The zero-order valence-electron chi connectivity index (χ0n) is 11.3. The SMILES string of the molecule is CC1CCCCN1C(=O)c1ccc(S(C)(=O)=O)cc1. The summed E-state index contributed by atoms with van der Waals surface area (Å²) in [4.78, 5) is 14.5. The third kappa shape index (κ3) is 3.15. The normalized spacial score (nSPS) is 20.3. The van der Waals surface area contributed by atoms with Gasteiger partial charge < -0.3 is 4.90 Å². The van der Waals surface area contributed by atoms with Crippen molar-refractivity contribution in [2.24, 2.45) is 0 Å². The highest BCUT2D eigenvalue weighted by Gasteiger charge is 2.24. The van der Waals surface area contributed by atoms with Crippen molar-refractivity contribution in [1.82, 2.24) is 4.90 Å². The fourth-order valence-electron chi connectivity index (χ4n) is 2.41. The van der Waals surface area contributed by atoms with E-state index in [9.17, 15) is 13.2 Å². The van der Waals surface area contributed by atoms with Gasteiger partial charge >= 0.3 is 0 Å². The Bertz CT molecular complexity index is 563. The van der Waals surface area contributed by atoms with Crippen LogP contribution in [0.15, 0.2) is 29.2 Å². The molecule has 1 aliphatic rings. The maximum absolute atomic E-state index is 12.3. The second-order valence-electron chi connectivity index (χ2n) is 5.14. The Morgan fingerprint density at radius 1 is 1.21 bits per heavy atom. The number of carbonyl (C=O) groups is 1. The van der Waals surface area contributed by atoms with Crippen LogP contribution in [0.25, 0.3) is 0 Å². The van der Waals surface area contributed by atoms with Crippen molar-refractivity contribution in [2.75, 3.05) is 12.8 Å². The highest BCUT2D eigenvalue weighted by molar-refractivity contribution is 7.90. The summed E-state index contributed by atoms with van der Waals surface area (Å²) in [7, 11) is -3.21. The first kappa shape index (κ1) is 14.1. The summed E-state index contributed by atoms with van der Waals surface area (Å²) < 4.78 is 22.7. The van der Waals surface area contributed by atoms with Crippen LogP contribution in [0.4, 0.5) is 0 Å². The number of likely N-dealkylation sites (tertiary alicyclic amines) is 1. The minimum Gasteiger partial charge on any atom is -0.336 e. The summed E-state index contributed by atoms with van der Waals surface area (Å²) >= 11 is 0. The second kappa shape index (κ2) is 5.33. The molecule has 0 spiro atoms. The summed E-state index contributed by atoms with van der Waals surface area (Å²) in [5.41, 5.74) is 0.557.